The SMILES string of the molecule is Brc1ccc2cncn2c1OSCC1CCCCC1. The van der Waals surface area contributed by atoms with Gasteiger partial charge in [-0.25, -0.2) is 4.98 Å². The lowest BCUT2D eigenvalue weighted by molar-refractivity contribution is 0.388. The van der Waals surface area contributed by atoms with E-state index in [1.165, 1.54) is 32.1 Å². The molecule has 2 aromatic heterocycles. The highest BCUT2D eigenvalue weighted by molar-refractivity contribution is 9.10. The number of imidazole rings is 1. The summed E-state index contributed by atoms with van der Waals surface area (Å²) in [5.41, 5.74) is 1.05. The van der Waals surface area contributed by atoms with Crippen molar-refractivity contribution in [2.45, 2.75) is 32.1 Å². The number of hydrogen-bond acceptors (Lipinski definition) is 3. The first-order valence-electron chi connectivity index (χ1n) is 6.74. The smallest absolute Gasteiger partial charge is 0.228 e. The largest absolute Gasteiger partial charge is 0.406 e. The molecule has 0 spiro atoms. The molecule has 0 aromatic carbocycles. The van der Waals surface area contributed by atoms with Crippen LogP contribution in [0.1, 0.15) is 32.1 Å². The Morgan fingerprint density at radius 2 is 2.16 bits per heavy atom. The normalized spacial score (nSPS) is 16.9. The van der Waals surface area contributed by atoms with E-state index < -0.39 is 0 Å². The molecule has 0 aliphatic heterocycles. The van der Waals surface area contributed by atoms with Gasteiger partial charge in [0.25, 0.3) is 0 Å². The molecule has 2 aromatic rings. The van der Waals surface area contributed by atoms with Crippen LogP contribution >= 0.6 is 28.0 Å². The Kier molecular flexibility index (Phi) is 4.33. The molecule has 1 saturated carbocycles. The fraction of sp³-hybridized carbons (Fsp3) is 0.500. The third kappa shape index (κ3) is 3.08. The predicted molar refractivity (Wildman–Crippen MR) is 82.6 cm³/mol. The predicted octanol–water partition coefficient (Wildman–Crippen LogP) is 4.70. The van der Waals surface area contributed by atoms with Gasteiger partial charge in [-0.05, 0) is 46.8 Å². The van der Waals surface area contributed by atoms with E-state index in [4.69, 9.17) is 4.18 Å². The summed E-state index contributed by atoms with van der Waals surface area (Å²) in [6.45, 7) is 0. The number of nitrogens with zero attached hydrogens (tertiary/aromatic N) is 2. The summed E-state index contributed by atoms with van der Waals surface area (Å²) in [6, 6.07) is 4.03. The first kappa shape index (κ1) is 13.3. The summed E-state index contributed by atoms with van der Waals surface area (Å²) in [5, 5.41) is 0. The molecule has 0 radical (unpaired) electrons. The molecule has 0 atom stereocenters. The van der Waals surface area contributed by atoms with Crippen LogP contribution in [0, 0.1) is 5.92 Å². The minimum Gasteiger partial charge on any atom is -0.406 e. The van der Waals surface area contributed by atoms with Crippen LogP contribution in [0.25, 0.3) is 5.52 Å². The fourth-order valence-electron chi connectivity index (χ4n) is 2.56. The van der Waals surface area contributed by atoms with Crippen molar-refractivity contribution >= 4 is 33.5 Å². The molecule has 0 unspecified atom stereocenters. The number of aromatic nitrogens is 2. The van der Waals surface area contributed by atoms with E-state index in [1.807, 2.05) is 22.7 Å². The maximum atomic E-state index is 5.90. The van der Waals surface area contributed by atoms with E-state index in [2.05, 4.69) is 20.9 Å². The molecular formula is C14H17BrN2OS. The van der Waals surface area contributed by atoms with Crippen LogP contribution in [0.5, 0.6) is 5.88 Å². The van der Waals surface area contributed by atoms with Crippen molar-refractivity contribution in [2.24, 2.45) is 5.92 Å². The minimum absolute atomic E-state index is 0.819. The van der Waals surface area contributed by atoms with Crippen molar-refractivity contribution in [1.82, 2.24) is 9.38 Å². The number of pyridine rings is 1. The molecule has 3 rings (SSSR count). The molecule has 0 amide bonds. The molecule has 2 heterocycles. The lowest BCUT2D eigenvalue weighted by atomic mass is 9.91. The first-order valence-corrected chi connectivity index (χ1v) is 8.45. The number of hydrogen-bond donors (Lipinski definition) is 0. The molecular weight excluding hydrogens is 324 g/mol. The highest BCUT2D eigenvalue weighted by atomic mass is 79.9. The molecule has 102 valence electrons. The molecule has 0 saturated heterocycles. The summed E-state index contributed by atoms with van der Waals surface area (Å²) in [4.78, 5) is 4.15. The Hall–Kier alpha value is -0.680. The van der Waals surface area contributed by atoms with E-state index in [-0.39, 0.29) is 0 Å². The van der Waals surface area contributed by atoms with Crippen molar-refractivity contribution in [3.8, 4) is 5.88 Å². The van der Waals surface area contributed by atoms with E-state index in [0.717, 1.165) is 27.5 Å². The summed E-state index contributed by atoms with van der Waals surface area (Å²) in [7, 11) is 0. The van der Waals surface area contributed by atoms with Crippen LogP contribution in [0.4, 0.5) is 0 Å². The van der Waals surface area contributed by atoms with Crippen LogP contribution in [0.3, 0.4) is 0 Å². The number of fused-ring (bicyclic) bond motifs is 1. The summed E-state index contributed by atoms with van der Waals surface area (Å²) < 4.78 is 8.84. The molecule has 3 nitrogen and oxygen atoms in total. The van der Waals surface area contributed by atoms with Crippen molar-refractivity contribution in [1.29, 1.82) is 0 Å². The standard InChI is InChI=1S/C14H17BrN2OS/c15-13-7-6-12-8-16-10-17(12)14(13)18-19-9-11-4-2-1-3-5-11/h6-8,10-11H,1-5,9H2. The van der Waals surface area contributed by atoms with Gasteiger partial charge < -0.3 is 4.18 Å². The first-order chi connectivity index (χ1) is 9.34. The third-order valence-corrected chi connectivity index (χ3v) is 5.14. The van der Waals surface area contributed by atoms with E-state index in [9.17, 15) is 0 Å². The van der Waals surface area contributed by atoms with Crippen LogP contribution in [0.15, 0.2) is 29.1 Å². The van der Waals surface area contributed by atoms with Gasteiger partial charge in [-0.15, -0.1) is 0 Å². The molecule has 1 aliphatic rings. The van der Waals surface area contributed by atoms with Crippen LogP contribution < -0.4 is 4.18 Å². The van der Waals surface area contributed by atoms with Gasteiger partial charge in [-0.3, -0.25) is 4.40 Å². The van der Waals surface area contributed by atoms with E-state index in [1.54, 1.807) is 18.4 Å². The van der Waals surface area contributed by atoms with Gasteiger partial charge in [0.2, 0.25) is 5.88 Å². The van der Waals surface area contributed by atoms with Gasteiger partial charge in [0.05, 0.1) is 28.2 Å². The van der Waals surface area contributed by atoms with Crippen LogP contribution in [0.2, 0.25) is 0 Å². The second kappa shape index (κ2) is 6.18. The van der Waals surface area contributed by atoms with Gasteiger partial charge >= 0.3 is 0 Å². The average Bonchev–Trinajstić information content (AvgIpc) is 2.91. The van der Waals surface area contributed by atoms with Gasteiger partial charge in [-0.2, -0.15) is 0 Å². The van der Waals surface area contributed by atoms with Gasteiger partial charge in [-0.1, -0.05) is 19.3 Å². The summed E-state index contributed by atoms with van der Waals surface area (Å²) in [5.74, 6) is 2.73. The molecule has 5 heteroatoms. The third-order valence-electron chi connectivity index (χ3n) is 3.66. The molecule has 0 bridgehead atoms. The Bertz CT molecular complexity index is 551. The van der Waals surface area contributed by atoms with Crippen molar-refractivity contribution < 1.29 is 4.18 Å². The van der Waals surface area contributed by atoms with Crippen molar-refractivity contribution in [3.05, 3.63) is 29.1 Å². The molecule has 1 fully saturated rings. The second-order valence-corrected chi connectivity index (χ2v) is 6.64. The van der Waals surface area contributed by atoms with E-state index >= 15 is 0 Å². The Morgan fingerprint density at radius 1 is 1.32 bits per heavy atom. The molecule has 1 aliphatic carbocycles. The van der Waals surface area contributed by atoms with E-state index in [0.29, 0.717) is 0 Å². The lowest BCUT2D eigenvalue weighted by Gasteiger charge is -2.20. The zero-order chi connectivity index (χ0) is 13.1. The van der Waals surface area contributed by atoms with Crippen LogP contribution in [-0.2, 0) is 0 Å². The molecule has 19 heavy (non-hydrogen) atoms. The minimum atomic E-state index is 0.819. The summed E-state index contributed by atoms with van der Waals surface area (Å²) >= 11 is 5.11. The van der Waals surface area contributed by atoms with Gasteiger partial charge in [0, 0.05) is 5.75 Å². The lowest BCUT2D eigenvalue weighted by Crippen LogP contribution is -2.09. The maximum Gasteiger partial charge on any atom is 0.228 e. The average molecular weight is 341 g/mol. The Balaban J connectivity index is 1.64. The monoisotopic (exact) mass is 340 g/mol. The zero-order valence-corrected chi connectivity index (χ0v) is 13.1. The van der Waals surface area contributed by atoms with Gasteiger partial charge in [0.1, 0.15) is 6.33 Å². The number of halogens is 1. The van der Waals surface area contributed by atoms with Crippen molar-refractivity contribution in [3.63, 3.8) is 0 Å². The molecule has 0 N–H and O–H groups in total. The fourth-order valence-corrected chi connectivity index (χ4v) is 3.95. The number of rotatable bonds is 4. The highest BCUT2D eigenvalue weighted by Gasteiger charge is 2.15. The zero-order valence-electron chi connectivity index (χ0n) is 10.7. The van der Waals surface area contributed by atoms with Crippen molar-refractivity contribution in [2.75, 3.05) is 5.75 Å². The van der Waals surface area contributed by atoms with Gasteiger partial charge in [0.15, 0.2) is 0 Å². The van der Waals surface area contributed by atoms with Crippen LogP contribution in [-0.4, -0.2) is 15.1 Å². The quantitative estimate of drug-likeness (QED) is 0.754. The maximum absolute atomic E-state index is 5.90. The summed E-state index contributed by atoms with van der Waals surface area (Å²) in [6.07, 6.45) is 10.5. The topological polar surface area (TPSA) is 26.5 Å². The Morgan fingerprint density at radius 3 is 3.00 bits per heavy atom. The second-order valence-electron chi connectivity index (χ2n) is 5.05. The Labute approximate surface area is 126 Å². The highest BCUT2D eigenvalue weighted by Crippen LogP contribution is 2.31.